The van der Waals surface area contributed by atoms with Crippen LogP contribution in [0.3, 0.4) is 0 Å². The number of nitrogens with one attached hydrogen (secondary N) is 2. The summed E-state index contributed by atoms with van der Waals surface area (Å²) in [6.07, 6.45) is 5.97. The molecular formula is C18H22N6OS. The zero-order chi connectivity index (χ0) is 17.9. The number of hydrogen-bond acceptors (Lipinski definition) is 8. The number of thiazole rings is 1. The first-order chi connectivity index (χ1) is 12.7. The fourth-order valence-electron chi connectivity index (χ4n) is 3.14. The van der Waals surface area contributed by atoms with Crippen molar-refractivity contribution >= 4 is 38.6 Å². The number of nitrogens with zero attached hydrogens (tertiary/aromatic N) is 4. The summed E-state index contributed by atoms with van der Waals surface area (Å²) < 4.78 is 0. The number of rotatable bonds is 5. The fraction of sp³-hybridized carbons (Fsp3) is 0.444. The minimum atomic E-state index is -0.166. The minimum absolute atomic E-state index is 0.166. The normalized spacial score (nSPS) is 20.2. The van der Waals surface area contributed by atoms with Crippen LogP contribution in [0.4, 0.5) is 16.9 Å². The maximum atomic E-state index is 9.66. The van der Waals surface area contributed by atoms with E-state index in [0.29, 0.717) is 12.0 Å². The monoisotopic (exact) mass is 370 g/mol. The number of aromatic nitrogens is 4. The van der Waals surface area contributed by atoms with Gasteiger partial charge in [-0.25, -0.2) is 15.0 Å². The van der Waals surface area contributed by atoms with Crippen molar-refractivity contribution in [3.8, 4) is 0 Å². The molecule has 0 radical (unpaired) electrons. The molecule has 0 unspecified atom stereocenters. The van der Waals surface area contributed by atoms with E-state index in [4.69, 9.17) is 0 Å². The van der Waals surface area contributed by atoms with Crippen LogP contribution in [-0.2, 0) is 6.42 Å². The second kappa shape index (κ2) is 7.51. The summed E-state index contributed by atoms with van der Waals surface area (Å²) in [5.74, 6) is 1.36. The second-order valence-corrected chi connectivity index (χ2v) is 7.52. The van der Waals surface area contributed by atoms with E-state index in [0.717, 1.165) is 59.1 Å². The number of aliphatic hydroxyl groups excluding tert-OH is 1. The van der Waals surface area contributed by atoms with E-state index < -0.39 is 0 Å². The molecule has 0 spiro atoms. The lowest BCUT2D eigenvalue weighted by atomic mass is 9.93. The Balaban J connectivity index is 1.53. The van der Waals surface area contributed by atoms with Crippen molar-refractivity contribution in [1.29, 1.82) is 0 Å². The van der Waals surface area contributed by atoms with Gasteiger partial charge in [-0.05, 0) is 44.2 Å². The van der Waals surface area contributed by atoms with Crippen LogP contribution in [0.15, 0.2) is 24.4 Å². The SMILES string of the molecule is CCc1cc(Nc2nc3cccnc3s2)nc(NC2CCC(O)CC2)n1. The Kier molecular flexibility index (Phi) is 4.94. The van der Waals surface area contributed by atoms with E-state index in [1.54, 1.807) is 6.20 Å². The highest BCUT2D eigenvalue weighted by Crippen LogP contribution is 2.27. The molecule has 7 nitrogen and oxygen atoms in total. The van der Waals surface area contributed by atoms with E-state index in [9.17, 15) is 5.11 Å². The Hall–Kier alpha value is -2.32. The van der Waals surface area contributed by atoms with Crippen LogP contribution in [0.1, 0.15) is 38.3 Å². The topological polar surface area (TPSA) is 95.9 Å². The van der Waals surface area contributed by atoms with Crippen molar-refractivity contribution in [2.24, 2.45) is 0 Å². The lowest BCUT2D eigenvalue weighted by Gasteiger charge is -2.26. The van der Waals surface area contributed by atoms with Gasteiger partial charge in [-0.3, -0.25) is 0 Å². The number of fused-ring (bicyclic) bond motifs is 1. The van der Waals surface area contributed by atoms with Gasteiger partial charge in [0, 0.05) is 24.0 Å². The van der Waals surface area contributed by atoms with Gasteiger partial charge in [0.15, 0.2) is 5.13 Å². The first-order valence-corrected chi connectivity index (χ1v) is 9.82. The molecular weight excluding hydrogens is 348 g/mol. The predicted octanol–water partition coefficient (Wildman–Crippen LogP) is 3.50. The summed E-state index contributed by atoms with van der Waals surface area (Å²) in [4.78, 5) is 19.0. The molecule has 3 aromatic rings. The molecule has 1 aliphatic carbocycles. The van der Waals surface area contributed by atoms with Crippen molar-refractivity contribution in [2.75, 3.05) is 10.6 Å². The maximum Gasteiger partial charge on any atom is 0.225 e. The molecule has 0 bridgehead atoms. The molecule has 26 heavy (non-hydrogen) atoms. The number of pyridine rings is 1. The molecule has 0 amide bonds. The van der Waals surface area contributed by atoms with Crippen LogP contribution in [0.2, 0.25) is 0 Å². The third-order valence-corrected chi connectivity index (χ3v) is 5.47. The Labute approximate surface area is 155 Å². The number of hydrogen-bond donors (Lipinski definition) is 3. The molecule has 0 saturated heterocycles. The van der Waals surface area contributed by atoms with Crippen molar-refractivity contribution in [1.82, 2.24) is 19.9 Å². The maximum absolute atomic E-state index is 9.66. The zero-order valence-electron chi connectivity index (χ0n) is 14.6. The average Bonchev–Trinajstić information content (AvgIpc) is 3.05. The van der Waals surface area contributed by atoms with E-state index in [2.05, 4.69) is 37.5 Å². The molecule has 3 aromatic heterocycles. The lowest BCUT2D eigenvalue weighted by molar-refractivity contribution is 0.126. The van der Waals surface area contributed by atoms with E-state index in [1.807, 2.05) is 18.2 Å². The molecule has 1 aliphatic rings. The highest BCUT2D eigenvalue weighted by molar-refractivity contribution is 7.21. The Morgan fingerprint density at radius 2 is 2.04 bits per heavy atom. The smallest absolute Gasteiger partial charge is 0.225 e. The van der Waals surface area contributed by atoms with Crippen molar-refractivity contribution in [3.05, 3.63) is 30.1 Å². The average molecular weight is 370 g/mol. The molecule has 0 aromatic carbocycles. The van der Waals surface area contributed by atoms with Crippen molar-refractivity contribution in [2.45, 2.75) is 51.2 Å². The largest absolute Gasteiger partial charge is 0.393 e. The number of aryl methyl sites for hydroxylation is 1. The molecule has 1 saturated carbocycles. The summed E-state index contributed by atoms with van der Waals surface area (Å²) in [6, 6.07) is 6.10. The summed E-state index contributed by atoms with van der Waals surface area (Å²) in [5, 5.41) is 17.1. The second-order valence-electron chi connectivity index (χ2n) is 6.54. The molecule has 0 aliphatic heterocycles. The first-order valence-electron chi connectivity index (χ1n) is 9.00. The van der Waals surface area contributed by atoms with E-state index >= 15 is 0 Å². The van der Waals surface area contributed by atoms with Crippen LogP contribution in [0.25, 0.3) is 10.3 Å². The van der Waals surface area contributed by atoms with Gasteiger partial charge in [0.25, 0.3) is 0 Å². The predicted molar refractivity (Wildman–Crippen MR) is 104 cm³/mol. The summed E-state index contributed by atoms with van der Waals surface area (Å²) in [6.45, 7) is 2.08. The van der Waals surface area contributed by atoms with Crippen LogP contribution in [0, 0.1) is 0 Å². The third kappa shape index (κ3) is 3.91. The van der Waals surface area contributed by atoms with Crippen LogP contribution >= 0.6 is 11.3 Å². The van der Waals surface area contributed by atoms with Gasteiger partial charge in [0.05, 0.1) is 6.10 Å². The van der Waals surface area contributed by atoms with Crippen LogP contribution < -0.4 is 10.6 Å². The quantitative estimate of drug-likeness (QED) is 0.632. The van der Waals surface area contributed by atoms with Gasteiger partial charge in [-0.15, -0.1) is 0 Å². The Morgan fingerprint density at radius 3 is 2.81 bits per heavy atom. The zero-order valence-corrected chi connectivity index (χ0v) is 15.5. The van der Waals surface area contributed by atoms with Gasteiger partial charge >= 0.3 is 0 Å². The van der Waals surface area contributed by atoms with E-state index in [1.165, 1.54) is 11.3 Å². The minimum Gasteiger partial charge on any atom is -0.393 e. The molecule has 0 atom stereocenters. The molecule has 3 N–H and O–H groups in total. The Morgan fingerprint density at radius 1 is 1.19 bits per heavy atom. The van der Waals surface area contributed by atoms with Crippen LogP contribution in [0.5, 0.6) is 0 Å². The van der Waals surface area contributed by atoms with Crippen molar-refractivity contribution < 1.29 is 5.11 Å². The summed E-state index contributed by atoms with van der Waals surface area (Å²) in [7, 11) is 0. The fourth-order valence-corrected chi connectivity index (χ4v) is 3.96. The van der Waals surface area contributed by atoms with Gasteiger partial charge in [-0.2, -0.15) is 4.98 Å². The van der Waals surface area contributed by atoms with Crippen molar-refractivity contribution in [3.63, 3.8) is 0 Å². The number of anilines is 3. The van der Waals surface area contributed by atoms with Crippen LogP contribution in [-0.4, -0.2) is 37.2 Å². The summed E-state index contributed by atoms with van der Waals surface area (Å²) in [5.41, 5.74) is 1.85. The van der Waals surface area contributed by atoms with Gasteiger partial charge in [0.2, 0.25) is 5.95 Å². The van der Waals surface area contributed by atoms with Gasteiger partial charge in [-0.1, -0.05) is 18.3 Å². The molecule has 136 valence electrons. The molecule has 4 rings (SSSR count). The number of aliphatic hydroxyl groups is 1. The third-order valence-electron chi connectivity index (χ3n) is 4.57. The molecule has 8 heteroatoms. The Bertz CT molecular complexity index is 857. The van der Waals surface area contributed by atoms with Gasteiger partial charge in [0.1, 0.15) is 16.2 Å². The molecule has 1 fully saturated rings. The lowest BCUT2D eigenvalue weighted by Crippen LogP contribution is -2.29. The molecule has 3 heterocycles. The van der Waals surface area contributed by atoms with E-state index in [-0.39, 0.29) is 6.10 Å². The first kappa shape index (κ1) is 17.1. The highest BCUT2D eigenvalue weighted by Gasteiger charge is 2.20. The highest BCUT2D eigenvalue weighted by atomic mass is 32.1. The van der Waals surface area contributed by atoms with Gasteiger partial charge < -0.3 is 15.7 Å². The standard InChI is InChI=1S/C18H22N6OS/c1-2-11-10-15(24-18-22-14-4-3-9-19-16(14)26-18)23-17(20-11)21-12-5-7-13(25)8-6-12/h3-4,9-10,12-13,25H,2,5-8H2,1H3,(H2,20,21,22,23,24). The summed E-state index contributed by atoms with van der Waals surface area (Å²) >= 11 is 1.51.